The molecule has 0 fully saturated rings. The Bertz CT molecular complexity index is 470. The smallest absolute Gasteiger partial charge is 0.471 e. The van der Waals surface area contributed by atoms with E-state index in [9.17, 15) is 22.8 Å². The molecule has 5 nitrogen and oxygen atoms in total. The molecule has 1 heterocycles. The number of thiazole rings is 1. The van der Waals surface area contributed by atoms with Gasteiger partial charge in [0.15, 0.2) is 5.13 Å². The lowest BCUT2D eigenvalue weighted by molar-refractivity contribution is -0.167. The van der Waals surface area contributed by atoms with Crippen LogP contribution in [0.2, 0.25) is 0 Å². The van der Waals surface area contributed by atoms with Crippen molar-refractivity contribution >= 4 is 28.3 Å². The Morgan fingerprint density at radius 1 is 1.44 bits per heavy atom. The first-order valence-electron chi connectivity index (χ1n) is 4.86. The molecule has 0 atom stereocenters. The minimum atomic E-state index is -5.03. The molecule has 0 aliphatic carbocycles. The molecule has 1 rings (SSSR count). The minimum Gasteiger partial charge on any atom is -0.477 e. The molecule has 9 heteroatoms. The summed E-state index contributed by atoms with van der Waals surface area (Å²) in [5.74, 6) is -3.44. The molecule has 1 aromatic heterocycles. The molecule has 0 unspecified atom stereocenters. The highest BCUT2D eigenvalue weighted by Crippen LogP contribution is 2.26. The van der Waals surface area contributed by atoms with E-state index in [0.717, 1.165) is 0 Å². The Hall–Kier alpha value is -1.64. The number of nitrogens with zero attached hydrogens (tertiary/aromatic N) is 1. The number of carbonyl (C=O) groups is 2. The second-order valence-electron chi connectivity index (χ2n) is 3.30. The van der Waals surface area contributed by atoms with E-state index in [0.29, 0.717) is 24.2 Å². The molecule has 0 aromatic carbocycles. The average molecular weight is 282 g/mol. The number of halogens is 3. The van der Waals surface area contributed by atoms with Crippen molar-refractivity contribution in [1.29, 1.82) is 0 Å². The molecule has 0 aliphatic heterocycles. The molecule has 18 heavy (non-hydrogen) atoms. The first kappa shape index (κ1) is 14.4. The Kier molecular flexibility index (Phi) is 4.28. The van der Waals surface area contributed by atoms with E-state index in [2.05, 4.69) is 4.98 Å². The highest BCUT2D eigenvalue weighted by molar-refractivity contribution is 7.17. The molecule has 1 amide bonds. The molecule has 0 saturated heterocycles. The van der Waals surface area contributed by atoms with Gasteiger partial charge in [-0.2, -0.15) is 13.2 Å². The first-order chi connectivity index (χ1) is 8.25. The van der Waals surface area contributed by atoms with Crippen LogP contribution in [-0.4, -0.2) is 28.1 Å². The van der Waals surface area contributed by atoms with Gasteiger partial charge in [0.25, 0.3) is 0 Å². The standard InChI is InChI=1S/C9H9F3N2O3S/c1-2-3-4-5(6(15)16)18-8(13-4)14-7(17)9(10,11)12/h2-3H2,1H3,(H,15,16)(H,13,14,17). The summed E-state index contributed by atoms with van der Waals surface area (Å²) in [6, 6.07) is 0. The van der Waals surface area contributed by atoms with Crippen LogP contribution in [0.3, 0.4) is 0 Å². The predicted molar refractivity (Wildman–Crippen MR) is 57.8 cm³/mol. The lowest BCUT2D eigenvalue weighted by atomic mass is 10.2. The first-order valence-corrected chi connectivity index (χ1v) is 5.68. The van der Waals surface area contributed by atoms with Gasteiger partial charge >= 0.3 is 18.1 Å². The number of carboxylic acids is 1. The van der Waals surface area contributed by atoms with Crippen LogP contribution in [0.15, 0.2) is 0 Å². The van der Waals surface area contributed by atoms with Crippen LogP contribution in [-0.2, 0) is 11.2 Å². The van der Waals surface area contributed by atoms with Gasteiger partial charge in [-0.1, -0.05) is 24.7 Å². The second-order valence-corrected chi connectivity index (χ2v) is 4.30. The van der Waals surface area contributed by atoms with Crippen LogP contribution in [0.1, 0.15) is 28.7 Å². The highest BCUT2D eigenvalue weighted by Gasteiger charge is 2.39. The summed E-state index contributed by atoms with van der Waals surface area (Å²) in [7, 11) is 0. The number of alkyl halides is 3. The van der Waals surface area contributed by atoms with Crippen LogP contribution in [0, 0.1) is 0 Å². The van der Waals surface area contributed by atoms with Gasteiger partial charge in [0, 0.05) is 0 Å². The minimum absolute atomic E-state index is 0.158. The van der Waals surface area contributed by atoms with E-state index in [1.54, 1.807) is 6.92 Å². The number of carboxylic acid groups (broad SMARTS) is 1. The van der Waals surface area contributed by atoms with E-state index in [1.165, 1.54) is 5.32 Å². The van der Waals surface area contributed by atoms with Crippen molar-refractivity contribution in [3.8, 4) is 0 Å². The molecule has 0 saturated carbocycles. The zero-order valence-electron chi connectivity index (χ0n) is 9.17. The molecule has 0 radical (unpaired) electrons. The average Bonchev–Trinajstić information content (AvgIpc) is 2.60. The number of aryl methyl sites for hydroxylation is 1. The molecular weight excluding hydrogens is 273 g/mol. The van der Waals surface area contributed by atoms with Crippen LogP contribution in [0.4, 0.5) is 18.3 Å². The van der Waals surface area contributed by atoms with E-state index in [1.807, 2.05) is 0 Å². The monoisotopic (exact) mass is 282 g/mol. The van der Waals surface area contributed by atoms with Gasteiger partial charge < -0.3 is 5.11 Å². The van der Waals surface area contributed by atoms with Gasteiger partial charge in [-0.3, -0.25) is 10.1 Å². The molecule has 0 bridgehead atoms. The van der Waals surface area contributed by atoms with E-state index >= 15 is 0 Å². The van der Waals surface area contributed by atoms with Crippen LogP contribution >= 0.6 is 11.3 Å². The van der Waals surface area contributed by atoms with E-state index in [-0.39, 0.29) is 15.7 Å². The molecule has 1 aromatic rings. The number of rotatable bonds is 4. The predicted octanol–water partition coefficient (Wildman–Crippen LogP) is 2.29. The number of anilines is 1. The third kappa shape index (κ3) is 3.42. The van der Waals surface area contributed by atoms with Crippen molar-refractivity contribution in [1.82, 2.24) is 4.98 Å². The lowest BCUT2D eigenvalue weighted by Crippen LogP contribution is -2.29. The third-order valence-corrected chi connectivity index (χ3v) is 2.86. The van der Waals surface area contributed by atoms with Crippen LogP contribution in [0.25, 0.3) is 0 Å². The number of hydrogen-bond donors (Lipinski definition) is 2. The number of aromatic carboxylic acids is 1. The molecule has 2 N–H and O–H groups in total. The van der Waals surface area contributed by atoms with Crippen LogP contribution in [0.5, 0.6) is 0 Å². The molecule has 0 spiro atoms. The quantitative estimate of drug-likeness (QED) is 0.888. The summed E-state index contributed by atoms with van der Waals surface area (Å²) in [5, 5.41) is 10.0. The van der Waals surface area contributed by atoms with E-state index < -0.39 is 18.1 Å². The fraction of sp³-hybridized carbons (Fsp3) is 0.444. The zero-order valence-corrected chi connectivity index (χ0v) is 9.98. The van der Waals surface area contributed by atoms with Gasteiger partial charge in [-0.25, -0.2) is 9.78 Å². The lowest BCUT2D eigenvalue weighted by Gasteiger charge is -2.04. The number of nitrogens with one attached hydrogen (secondary N) is 1. The Labute approximate surface area is 104 Å². The number of aromatic nitrogens is 1. The zero-order chi connectivity index (χ0) is 13.9. The van der Waals surface area contributed by atoms with Crippen molar-refractivity contribution in [3.05, 3.63) is 10.6 Å². The summed E-state index contributed by atoms with van der Waals surface area (Å²) < 4.78 is 36.0. The normalized spacial score (nSPS) is 11.3. The maximum atomic E-state index is 12.0. The maximum absolute atomic E-state index is 12.0. The van der Waals surface area contributed by atoms with Gasteiger partial charge in [0.1, 0.15) is 4.88 Å². The fourth-order valence-corrected chi connectivity index (χ4v) is 1.99. The van der Waals surface area contributed by atoms with Gasteiger partial charge in [0.2, 0.25) is 0 Å². The molecular formula is C9H9F3N2O3S. The largest absolute Gasteiger partial charge is 0.477 e. The Morgan fingerprint density at radius 3 is 2.50 bits per heavy atom. The van der Waals surface area contributed by atoms with Gasteiger partial charge in [-0.05, 0) is 6.42 Å². The van der Waals surface area contributed by atoms with Crippen LogP contribution < -0.4 is 5.32 Å². The van der Waals surface area contributed by atoms with E-state index in [4.69, 9.17) is 5.11 Å². The van der Waals surface area contributed by atoms with Crippen molar-refractivity contribution in [2.45, 2.75) is 25.9 Å². The molecule has 0 aliphatic rings. The third-order valence-electron chi connectivity index (χ3n) is 1.86. The summed E-state index contributed by atoms with van der Waals surface area (Å²) in [6.45, 7) is 1.78. The van der Waals surface area contributed by atoms with Gasteiger partial charge in [0.05, 0.1) is 5.69 Å². The maximum Gasteiger partial charge on any atom is 0.471 e. The van der Waals surface area contributed by atoms with Crippen molar-refractivity contribution in [2.75, 3.05) is 5.32 Å². The fourth-order valence-electron chi connectivity index (χ4n) is 1.15. The summed E-state index contributed by atoms with van der Waals surface area (Å²) in [5.41, 5.74) is 0.174. The summed E-state index contributed by atoms with van der Waals surface area (Å²) in [6.07, 6.45) is -4.11. The topological polar surface area (TPSA) is 79.3 Å². The van der Waals surface area contributed by atoms with Crippen molar-refractivity contribution < 1.29 is 27.9 Å². The van der Waals surface area contributed by atoms with Gasteiger partial charge in [-0.15, -0.1) is 0 Å². The summed E-state index contributed by atoms with van der Waals surface area (Å²) in [4.78, 5) is 25.0. The number of amides is 1. The number of carbonyl (C=O) groups excluding carboxylic acids is 1. The number of hydrogen-bond acceptors (Lipinski definition) is 4. The Balaban J connectivity index is 2.95. The molecule has 100 valence electrons. The second kappa shape index (κ2) is 5.34. The van der Waals surface area contributed by atoms with Crippen molar-refractivity contribution in [3.63, 3.8) is 0 Å². The highest BCUT2D eigenvalue weighted by atomic mass is 32.1. The Morgan fingerprint density at radius 2 is 2.06 bits per heavy atom. The van der Waals surface area contributed by atoms with Crippen molar-refractivity contribution in [2.24, 2.45) is 0 Å². The summed E-state index contributed by atoms with van der Waals surface area (Å²) >= 11 is 0.509. The SMILES string of the molecule is CCCc1nc(NC(=O)C(F)(F)F)sc1C(=O)O.